The molecule has 3 saturated heterocycles. The van der Waals surface area contributed by atoms with Crippen LogP contribution in [0.25, 0.3) is 32.1 Å². The first kappa shape index (κ1) is 33.1. The van der Waals surface area contributed by atoms with E-state index in [0.29, 0.717) is 30.4 Å². The number of thiophene rings is 1. The van der Waals surface area contributed by atoms with E-state index in [0.717, 1.165) is 18.6 Å². The van der Waals surface area contributed by atoms with E-state index in [9.17, 15) is 37.1 Å². The van der Waals surface area contributed by atoms with Gasteiger partial charge in [-0.1, -0.05) is 6.07 Å². The molecule has 0 spiro atoms. The number of benzene rings is 2. The van der Waals surface area contributed by atoms with E-state index in [2.05, 4.69) is 9.97 Å². The number of fused-ring (bicyclic) bond motifs is 3. The quantitative estimate of drug-likeness (QED) is 0.259. The average molecular weight is 706 g/mol. The third-order valence-electron chi connectivity index (χ3n) is 9.61. The number of amides is 1. The van der Waals surface area contributed by atoms with E-state index in [1.165, 1.54) is 9.80 Å². The number of aromatic nitrogens is 2. The molecular weight excluding hydrogens is 676 g/mol. The average Bonchev–Trinajstić information content (AvgIpc) is 3.70. The van der Waals surface area contributed by atoms with E-state index in [1.54, 1.807) is 6.07 Å². The summed E-state index contributed by atoms with van der Waals surface area (Å²) in [5.74, 6) is -2.91. The number of nitrogen functional groups attached to an aromatic ring is 1. The van der Waals surface area contributed by atoms with Crippen molar-refractivity contribution in [3.8, 4) is 23.2 Å². The maximum Gasteiger partial charge on any atom is 0.417 e. The number of piperazine rings is 1. The first-order valence-corrected chi connectivity index (χ1v) is 16.3. The summed E-state index contributed by atoms with van der Waals surface area (Å²) >= 11 is 0.657. The number of halogens is 6. The fourth-order valence-corrected chi connectivity index (χ4v) is 8.34. The lowest BCUT2D eigenvalue weighted by atomic mass is 9.92. The van der Waals surface area contributed by atoms with Crippen LogP contribution in [0.3, 0.4) is 0 Å². The molecule has 2 aromatic heterocycles. The number of nitrogens with two attached hydrogens (primary N) is 1. The highest BCUT2D eigenvalue weighted by molar-refractivity contribution is 7.23. The maximum absolute atomic E-state index is 17.0. The van der Waals surface area contributed by atoms with E-state index >= 15 is 4.39 Å². The van der Waals surface area contributed by atoms with Crippen molar-refractivity contribution in [1.29, 1.82) is 5.26 Å². The largest absolute Gasteiger partial charge is 0.461 e. The minimum atomic E-state index is -5.15. The molecule has 7 rings (SSSR count). The predicted octanol–water partition coefficient (Wildman–Crippen LogP) is 4.86. The van der Waals surface area contributed by atoms with Gasteiger partial charge in [0, 0.05) is 48.9 Å². The van der Waals surface area contributed by atoms with E-state index in [-0.39, 0.29) is 90.2 Å². The van der Waals surface area contributed by atoms with Gasteiger partial charge in [0.1, 0.15) is 41.0 Å². The molecule has 2 aromatic carbocycles. The molecule has 0 bridgehead atoms. The first-order valence-electron chi connectivity index (χ1n) is 15.5. The van der Waals surface area contributed by atoms with Crippen molar-refractivity contribution in [2.75, 3.05) is 63.1 Å². The predicted molar refractivity (Wildman–Crippen MR) is 169 cm³/mol. The van der Waals surface area contributed by atoms with Crippen LogP contribution in [0.15, 0.2) is 18.2 Å². The van der Waals surface area contributed by atoms with Crippen molar-refractivity contribution in [3.05, 3.63) is 41.0 Å². The maximum atomic E-state index is 17.0. The Morgan fingerprint density at radius 1 is 1.20 bits per heavy atom. The molecule has 3 N–H and O–H groups in total. The number of alkyl halides is 4. The second-order valence-corrected chi connectivity index (χ2v) is 13.5. The number of β-amino-alcohol motifs (C(OH)–C–C–N with tert-alkyl or cyclic N) is 1. The lowest BCUT2D eigenvalue weighted by Gasteiger charge is -2.35. The molecule has 0 aliphatic carbocycles. The fourth-order valence-electron chi connectivity index (χ4n) is 7.39. The van der Waals surface area contributed by atoms with Crippen LogP contribution >= 0.6 is 11.3 Å². The smallest absolute Gasteiger partial charge is 0.417 e. The molecule has 0 saturated carbocycles. The van der Waals surface area contributed by atoms with Gasteiger partial charge in [-0.2, -0.15) is 28.4 Å². The lowest BCUT2D eigenvalue weighted by molar-refractivity contribution is -0.137. The van der Waals surface area contributed by atoms with Crippen LogP contribution in [0.5, 0.6) is 6.01 Å². The van der Waals surface area contributed by atoms with Gasteiger partial charge in [0.05, 0.1) is 34.5 Å². The number of carbonyl (C=O) groups is 1. The number of rotatable bonds is 7. The summed E-state index contributed by atoms with van der Waals surface area (Å²) in [5.41, 5.74) is 1.58. The second-order valence-electron chi connectivity index (χ2n) is 12.5. The van der Waals surface area contributed by atoms with E-state index in [1.807, 2.05) is 4.90 Å². The molecule has 3 aliphatic rings. The number of aliphatic hydroxyl groups is 1. The molecule has 0 unspecified atom stereocenters. The number of carbonyl (C=O) groups excluding carboxylic acids is 1. The monoisotopic (exact) mass is 705 g/mol. The number of ether oxygens (including phenoxy) is 1. The zero-order valence-electron chi connectivity index (χ0n) is 25.8. The highest BCUT2D eigenvalue weighted by Gasteiger charge is 2.49. The van der Waals surface area contributed by atoms with Crippen molar-refractivity contribution in [3.63, 3.8) is 0 Å². The van der Waals surface area contributed by atoms with Crippen LogP contribution in [-0.4, -0.2) is 95.0 Å². The summed E-state index contributed by atoms with van der Waals surface area (Å²) < 4.78 is 96.7. The standard InChI is InChI=1S/C32H29F6N7O3S/c33-16-11-31(4-1-5-45(31)13-16)15-48-30-41-26-18(29(42-30)44-7-6-43(8-9-46)22(47)14-44)10-20(32(36,37)38)24(25(26)35)17-2-3-21(34)27-23(17)19(12-39)28(40)49-27/h2-3,10,16,46H,1,4-9,11,13-15,40H2/t16-,31+/m1/s1. The van der Waals surface area contributed by atoms with Crippen LogP contribution in [0, 0.1) is 23.0 Å². The van der Waals surface area contributed by atoms with E-state index < -0.39 is 57.6 Å². The molecular formula is C32H29F6N7O3S. The van der Waals surface area contributed by atoms with Gasteiger partial charge in [-0.3, -0.25) is 9.69 Å². The molecule has 10 nitrogen and oxygen atoms in total. The molecule has 17 heteroatoms. The molecule has 5 heterocycles. The molecule has 49 heavy (non-hydrogen) atoms. The normalized spacial score (nSPS) is 21.6. The molecule has 0 radical (unpaired) electrons. The minimum absolute atomic E-state index is 0.0554. The SMILES string of the molecule is N#Cc1c(N)sc2c(F)ccc(-c3c(C(F)(F)F)cc4c(N5CCN(CCO)C(=O)C5)nc(OC[C@@]56CCCN5C[C@H](F)C6)nc4c3F)c12. The second kappa shape index (κ2) is 12.2. The number of hydrogen-bond donors (Lipinski definition) is 2. The van der Waals surface area contributed by atoms with Crippen molar-refractivity contribution >= 4 is 49.1 Å². The Morgan fingerprint density at radius 3 is 2.71 bits per heavy atom. The summed E-state index contributed by atoms with van der Waals surface area (Å²) in [6.07, 6.45) is -4.58. The Balaban J connectivity index is 1.44. The van der Waals surface area contributed by atoms with E-state index in [4.69, 9.17) is 10.5 Å². The van der Waals surface area contributed by atoms with Crippen LogP contribution in [-0.2, 0) is 11.0 Å². The Morgan fingerprint density at radius 2 is 2.00 bits per heavy atom. The number of hydrogen-bond acceptors (Lipinski definition) is 10. The van der Waals surface area contributed by atoms with Crippen LogP contribution in [0.4, 0.5) is 37.2 Å². The van der Waals surface area contributed by atoms with Crippen molar-refractivity contribution in [1.82, 2.24) is 19.8 Å². The molecule has 2 atom stereocenters. The first-order chi connectivity index (χ1) is 23.3. The van der Waals surface area contributed by atoms with Crippen LogP contribution < -0.4 is 15.4 Å². The summed E-state index contributed by atoms with van der Waals surface area (Å²) in [6, 6.07) is 3.92. The molecule has 4 aromatic rings. The number of nitrogens with zero attached hydrogens (tertiary/aromatic N) is 6. The van der Waals surface area contributed by atoms with Crippen molar-refractivity contribution in [2.24, 2.45) is 0 Å². The summed E-state index contributed by atoms with van der Waals surface area (Å²) in [4.78, 5) is 26.3. The molecule has 3 fully saturated rings. The Hall–Kier alpha value is -4.40. The van der Waals surface area contributed by atoms with Crippen LogP contribution in [0.1, 0.15) is 30.4 Å². The highest BCUT2D eigenvalue weighted by atomic mass is 32.1. The van der Waals surface area contributed by atoms with Crippen molar-refractivity contribution < 1.29 is 41.0 Å². The van der Waals surface area contributed by atoms with Gasteiger partial charge in [0.25, 0.3) is 0 Å². The third kappa shape index (κ3) is 5.55. The summed E-state index contributed by atoms with van der Waals surface area (Å²) in [7, 11) is 0. The fraction of sp³-hybridized carbons (Fsp3) is 0.438. The van der Waals surface area contributed by atoms with Crippen LogP contribution in [0.2, 0.25) is 0 Å². The molecule has 258 valence electrons. The Bertz CT molecular complexity index is 2030. The van der Waals surface area contributed by atoms with Gasteiger partial charge in [0.2, 0.25) is 5.91 Å². The number of anilines is 2. The summed E-state index contributed by atoms with van der Waals surface area (Å²) in [5, 5.41) is 18.3. The zero-order valence-corrected chi connectivity index (χ0v) is 26.6. The van der Waals surface area contributed by atoms with Gasteiger partial charge in [-0.25, -0.2) is 13.2 Å². The number of nitriles is 1. The topological polar surface area (TPSA) is 132 Å². The Kier molecular flexibility index (Phi) is 8.23. The zero-order chi connectivity index (χ0) is 34.8. The van der Waals surface area contributed by atoms with Crippen molar-refractivity contribution in [2.45, 2.75) is 37.1 Å². The van der Waals surface area contributed by atoms with Gasteiger partial charge in [-0.05, 0) is 37.1 Å². The van der Waals surface area contributed by atoms with Gasteiger partial charge < -0.3 is 25.4 Å². The molecule has 1 amide bonds. The summed E-state index contributed by atoms with van der Waals surface area (Å²) in [6.45, 7) is 0.451. The molecule has 3 aliphatic heterocycles. The number of aliphatic hydroxyl groups excluding tert-OH is 1. The highest BCUT2D eigenvalue weighted by Crippen LogP contribution is 2.48. The Labute approximate surface area is 279 Å². The van der Waals surface area contributed by atoms with Gasteiger partial charge >= 0.3 is 12.2 Å². The van der Waals surface area contributed by atoms with Gasteiger partial charge in [0.15, 0.2) is 5.82 Å². The third-order valence-corrected chi connectivity index (χ3v) is 10.6. The van der Waals surface area contributed by atoms with Gasteiger partial charge in [-0.15, -0.1) is 11.3 Å². The minimum Gasteiger partial charge on any atom is -0.461 e. The lowest BCUT2D eigenvalue weighted by Crippen LogP contribution is -2.51.